The highest BCUT2D eigenvalue weighted by molar-refractivity contribution is 5.89. The van der Waals surface area contributed by atoms with Crippen LogP contribution in [0.5, 0.6) is 0 Å². The summed E-state index contributed by atoms with van der Waals surface area (Å²) in [6.45, 7) is 1.21. The SMILES string of the molecule is O=C(O[C@@H]1CCOC1)c1ccccc1. The molecule has 1 saturated heterocycles. The highest BCUT2D eigenvalue weighted by Crippen LogP contribution is 2.11. The lowest BCUT2D eigenvalue weighted by Crippen LogP contribution is -2.17. The Balaban J connectivity index is 1.95. The van der Waals surface area contributed by atoms with Gasteiger partial charge in [-0.25, -0.2) is 4.79 Å². The van der Waals surface area contributed by atoms with Crippen LogP contribution >= 0.6 is 0 Å². The third kappa shape index (κ3) is 2.12. The molecule has 0 unspecified atom stereocenters. The van der Waals surface area contributed by atoms with Crippen molar-refractivity contribution in [2.45, 2.75) is 12.5 Å². The summed E-state index contributed by atoms with van der Waals surface area (Å²) in [5.74, 6) is -0.263. The van der Waals surface area contributed by atoms with E-state index in [-0.39, 0.29) is 12.1 Å². The van der Waals surface area contributed by atoms with E-state index >= 15 is 0 Å². The van der Waals surface area contributed by atoms with Crippen LogP contribution in [0.2, 0.25) is 0 Å². The number of ether oxygens (including phenoxy) is 2. The fourth-order valence-corrected chi connectivity index (χ4v) is 1.40. The van der Waals surface area contributed by atoms with E-state index in [0.717, 1.165) is 6.42 Å². The summed E-state index contributed by atoms with van der Waals surface area (Å²) in [6.07, 6.45) is 0.737. The van der Waals surface area contributed by atoms with Gasteiger partial charge >= 0.3 is 5.97 Å². The summed E-state index contributed by atoms with van der Waals surface area (Å²) in [5, 5.41) is 0. The first-order valence-corrected chi connectivity index (χ1v) is 4.70. The zero-order chi connectivity index (χ0) is 9.80. The minimum atomic E-state index is -0.263. The molecule has 0 aliphatic carbocycles. The van der Waals surface area contributed by atoms with Crippen molar-refractivity contribution >= 4 is 5.97 Å². The highest BCUT2D eigenvalue weighted by Gasteiger charge is 2.20. The van der Waals surface area contributed by atoms with Crippen LogP contribution in [0.4, 0.5) is 0 Å². The minimum Gasteiger partial charge on any atom is -0.456 e. The van der Waals surface area contributed by atoms with Gasteiger partial charge in [-0.1, -0.05) is 18.2 Å². The van der Waals surface area contributed by atoms with E-state index in [0.29, 0.717) is 18.8 Å². The van der Waals surface area contributed by atoms with Gasteiger partial charge in [-0.05, 0) is 12.1 Å². The first-order chi connectivity index (χ1) is 6.86. The van der Waals surface area contributed by atoms with Crippen LogP contribution < -0.4 is 0 Å². The zero-order valence-corrected chi connectivity index (χ0v) is 7.81. The van der Waals surface area contributed by atoms with Crippen molar-refractivity contribution in [2.75, 3.05) is 13.2 Å². The topological polar surface area (TPSA) is 35.5 Å². The van der Waals surface area contributed by atoms with Gasteiger partial charge in [-0.15, -0.1) is 0 Å². The van der Waals surface area contributed by atoms with Gasteiger partial charge < -0.3 is 9.47 Å². The summed E-state index contributed by atoms with van der Waals surface area (Å²) in [5.41, 5.74) is 0.597. The predicted molar refractivity (Wildman–Crippen MR) is 51.1 cm³/mol. The molecule has 2 rings (SSSR count). The fourth-order valence-electron chi connectivity index (χ4n) is 1.40. The number of carbonyl (C=O) groups is 1. The number of rotatable bonds is 2. The van der Waals surface area contributed by atoms with Crippen LogP contribution in [0.15, 0.2) is 30.3 Å². The maximum absolute atomic E-state index is 11.5. The predicted octanol–water partition coefficient (Wildman–Crippen LogP) is 1.63. The summed E-state index contributed by atoms with van der Waals surface area (Å²) < 4.78 is 10.4. The Hall–Kier alpha value is -1.35. The van der Waals surface area contributed by atoms with E-state index in [1.165, 1.54) is 0 Å². The third-order valence-corrected chi connectivity index (χ3v) is 2.17. The van der Waals surface area contributed by atoms with Gasteiger partial charge in [-0.3, -0.25) is 0 Å². The Labute approximate surface area is 82.6 Å². The largest absolute Gasteiger partial charge is 0.456 e. The molecule has 0 aromatic heterocycles. The van der Waals surface area contributed by atoms with Crippen molar-refractivity contribution in [2.24, 2.45) is 0 Å². The highest BCUT2D eigenvalue weighted by atomic mass is 16.6. The molecule has 1 atom stereocenters. The normalized spacial score (nSPS) is 20.7. The molecule has 0 N–H and O–H groups in total. The molecule has 0 radical (unpaired) electrons. The molecule has 1 fully saturated rings. The Morgan fingerprint density at radius 3 is 2.79 bits per heavy atom. The lowest BCUT2D eigenvalue weighted by atomic mass is 10.2. The third-order valence-electron chi connectivity index (χ3n) is 2.17. The van der Waals surface area contributed by atoms with Gasteiger partial charge in [0.1, 0.15) is 6.10 Å². The molecular formula is C11H12O3. The molecule has 1 aliphatic heterocycles. The minimum absolute atomic E-state index is 0.0669. The van der Waals surface area contributed by atoms with Gasteiger partial charge in [0, 0.05) is 6.42 Å². The Kier molecular flexibility index (Phi) is 2.79. The quantitative estimate of drug-likeness (QED) is 0.668. The van der Waals surface area contributed by atoms with Crippen molar-refractivity contribution in [1.29, 1.82) is 0 Å². The van der Waals surface area contributed by atoms with Crippen molar-refractivity contribution in [1.82, 2.24) is 0 Å². The van der Waals surface area contributed by atoms with Crippen molar-refractivity contribution in [3.8, 4) is 0 Å². The van der Waals surface area contributed by atoms with Crippen LogP contribution in [0.25, 0.3) is 0 Å². The second-order valence-corrected chi connectivity index (χ2v) is 3.26. The van der Waals surface area contributed by atoms with E-state index in [1.54, 1.807) is 12.1 Å². The second-order valence-electron chi connectivity index (χ2n) is 3.26. The molecule has 1 aromatic carbocycles. The van der Waals surface area contributed by atoms with Crippen molar-refractivity contribution < 1.29 is 14.3 Å². The fraction of sp³-hybridized carbons (Fsp3) is 0.364. The number of benzene rings is 1. The summed E-state index contributed by atoms with van der Waals surface area (Å²) in [4.78, 5) is 11.5. The molecule has 0 spiro atoms. The molecule has 0 amide bonds. The first kappa shape index (κ1) is 9.21. The molecule has 14 heavy (non-hydrogen) atoms. The molecule has 1 aromatic rings. The van der Waals surface area contributed by atoms with Gasteiger partial charge in [0.2, 0.25) is 0 Å². The standard InChI is InChI=1S/C11H12O3/c12-11(9-4-2-1-3-5-9)14-10-6-7-13-8-10/h1-5,10H,6-8H2/t10-/m1/s1. The second kappa shape index (κ2) is 4.24. The number of carbonyl (C=O) groups excluding carboxylic acids is 1. The Morgan fingerprint density at radius 2 is 2.14 bits per heavy atom. The lowest BCUT2D eigenvalue weighted by molar-refractivity contribution is 0.0270. The smallest absolute Gasteiger partial charge is 0.338 e. The van der Waals surface area contributed by atoms with Crippen molar-refractivity contribution in [3.63, 3.8) is 0 Å². The monoisotopic (exact) mass is 192 g/mol. The molecule has 1 heterocycles. The van der Waals surface area contributed by atoms with Crippen molar-refractivity contribution in [3.05, 3.63) is 35.9 Å². The van der Waals surface area contributed by atoms with Crippen LogP contribution in [0.3, 0.4) is 0 Å². The van der Waals surface area contributed by atoms with E-state index in [1.807, 2.05) is 18.2 Å². The van der Waals surface area contributed by atoms with Crippen LogP contribution in [-0.4, -0.2) is 25.3 Å². The van der Waals surface area contributed by atoms with E-state index in [9.17, 15) is 4.79 Å². The Morgan fingerprint density at radius 1 is 1.36 bits per heavy atom. The van der Waals surface area contributed by atoms with Gasteiger partial charge in [0.05, 0.1) is 18.8 Å². The first-order valence-electron chi connectivity index (χ1n) is 4.70. The van der Waals surface area contributed by atoms with E-state index in [2.05, 4.69) is 0 Å². The average Bonchev–Trinajstić information content (AvgIpc) is 2.72. The Bertz CT molecular complexity index is 302. The summed E-state index contributed by atoms with van der Waals surface area (Å²) in [6, 6.07) is 9.01. The molecule has 3 heteroatoms. The summed E-state index contributed by atoms with van der Waals surface area (Å²) >= 11 is 0. The molecule has 3 nitrogen and oxygen atoms in total. The number of esters is 1. The van der Waals surface area contributed by atoms with E-state index < -0.39 is 0 Å². The molecular weight excluding hydrogens is 180 g/mol. The van der Waals surface area contributed by atoms with Gasteiger partial charge in [-0.2, -0.15) is 0 Å². The van der Waals surface area contributed by atoms with E-state index in [4.69, 9.17) is 9.47 Å². The molecule has 0 bridgehead atoms. The van der Waals surface area contributed by atoms with Gasteiger partial charge in [0.15, 0.2) is 0 Å². The molecule has 1 aliphatic rings. The van der Waals surface area contributed by atoms with Crippen LogP contribution in [-0.2, 0) is 9.47 Å². The molecule has 0 saturated carbocycles. The average molecular weight is 192 g/mol. The van der Waals surface area contributed by atoms with Crippen LogP contribution in [0.1, 0.15) is 16.8 Å². The van der Waals surface area contributed by atoms with Crippen LogP contribution in [0, 0.1) is 0 Å². The summed E-state index contributed by atoms with van der Waals surface area (Å²) in [7, 11) is 0. The number of hydrogen-bond donors (Lipinski definition) is 0. The maximum Gasteiger partial charge on any atom is 0.338 e. The number of hydrogen-bond acceptors (Lipinski definition) is 3. The lowest BCUT2D eigenvalue weighted by Gasteiger charge is -2.09. The van der Waals surface area contributed by atoms with Gasteiger partial charge in [0.25, 0.3) is 0 Å². The maximum atomic E-state index is 11.5. The zero-order valence-electron chi connectivity index (χ0n) is 7.81. The molecule has 74 valence electrons.